The number of thiazole rings is 1. The average molecular weight is 386 g/mol. The summed E-state index contributed by atoms with van der Waals surface area (Å²) in [5.74, 6) is -0.0781. The van der Waals surface area contributed by atoms with Gasteiger partial charge in [-0.15, -0.1) is 11.3 Å². The quantitative estimate of drug-likeness (QED) is 0.625. The maximum absolute atomic E-state index is 12.1. The van der Waals surface area contributed by atoms with Crippen LogP contribution < -0.4 is 5.32 Å². The van der Waals surface area contributed by atoms with E-state index in [9.17, 15) is 9.59 Å². The summed E-state index contributed by atoms with van der Waals surface area (Å²) >= 11 is 2.83. The van der Waals surface area contributed by atoms with E-state index in [4.69, 9.17) is 9.84 Å². The van der Waals surface area contributed by atoms with Gasteiger partial charge in [-0.05, 0) is 19.3 Å². The second kappa shape index (κ2) is 8.98. The summed E-state index contributed by atoms with van der Waals surface area (Å²) in [6, 6.07) is 0.236. The fourth-order valence-corrected chi connectivity index (χ4v) is 4.99. The highest BCUT2D eigenvalue weighted by molar-refractivity contribution is 8.01. The van der Waals surface area contributed by atoms with Gasteiger partial charge in [-0.3, -0.25) is 4.79 Å². The zero-order valence-corrected chi connectivity index (χ0v) is 15.6. The Labute approximate surface area is 155 Å². The van der Waals surface area contributed by atoms with E-state index in [0.717, 1.165) is 49.1 Å². The standard InChI is InChI=1S/C16H23N3O4S2/c20-14-4-3-11(8-17-9-12-2-1-6-23-12)19(14)5-7-24-16-18-13(10-25-16)15(21)22/h10-12,17H,1-9H2,(H,21,22). The fourth-order valence-electron chi connectivity index (χ4n) is 3.18. The van der Waals surface area contributed by atoms with Crippen LogP contribution in [0, 0.1) is 0 Å². The average Bonchev–Trinajstić information content (AvgIpc) is 3.31. The highest BCUT2D eigenvalue weighted by Gasteiger charge is 2.30. The van der Waals surface area contributed by atoms with E-state index in [1.807, 2.05) is 4.90 Å². The molecule has 3 heterocycles. The van der Waals surface area contributed by atoms with E-state index in [1.165, 1.54) is 23.1 Å². The summed E-state index contributed by atoms with van der Waals surface area (Å²) in [5.41, 5.74) is 0.0842. The number of aromatic carboxylic acids is 1. The molecule has 0 aromatic carbocycles. The van der Waals surface area contributed by atoms with Crippen molar-refractivity contribution in [2.75, 3.05) is 32.0 Å². The van der Waals surface area contributed by atoms with E-state index in [0.29, 0.717) is 19.1 Å². The Hall–Kier alpha value is -1.16. The lowest BCUT2D eigenvalue weighted by Gasteiger charge is -2.25. The van der Waals surface area contributed by atoms with Crippen molar-refractivity contribution in [3.05, 3.63) is 11.1 Å². The summed E-state index contributed by atoms with van der Waals surface area (Å²) in [7, 11) is 0. The third kappa shape index (κ3) is 5.16. The van der Waals surface area contributed by atoms with Gasteiger partial charge in [0.05, 0.1) is 6.10 Å². The first kappa shape index (κ1) is 18.6. The number of nitrogens with zero attached hydrogens (tertiary/aromatic N) is 2. The molecular formula is C16H23N3O4S2. The topological polar surface area (TPSA) is 91.8 Å². The van der Waals surface area contributed by atoms with E-state index >= 15 is 0 Å². The molecule has 2 saturated heterocycles. The maximum atomic E-state index is 12.1. The van der Waals surface area contributed by atoms with E-state index in [-0.39, 0.29) is 17.6 Å². The highest BCUT2D eigenvalue weighted by Crippen LogP contribution is 2.25. The van der Waals surface area contributed by atoms with Crippen LogP contribution in [0.2, 0.25) is 0 Å². The number of amides is 1. The van der Waals surface area contributed by atoms with Gasteiger partial charge in [-0.2, -0.15) is 0 Å². The number of carbonyl (C=O) groups excluding carboxylic acids is 1. The zero-order valence-electron chi connectivity index (χ0n) is 14.0. The van der Waals surface area contributed by atoms with Crippen LogP contribution in [0.15, 0.2) is 9.72 Å². The number of hydrogen-bond acceptors (Lipinski definition) is 7. The predicted molar refractivity (Wildman–Crippen MR) is 96.4 cm³/mol. The molecule has 0 saturated carbocycles. The summed E-state index contributed by atoms with van der Waals surface area (Å²) in [4.78, 5) is 29.0. The molecule has 2 N–H and O–H groups in total. The number of nitrogens with one attached hydrogen (secondary N) is 1. The number of hydrogen-bond donors (Lipinski definition) is 2. The lowest BCUT2D eigenvalue weighted by Crippen LogP contribution is -2.42. The third-order valence-corrected chi connectivity index (χ3v) is 6.49. The second-order valence-electron chi connectivity index (χ2n) is 6.23. The highest BCUT2D eigenvalue weighted by atomic mass is 32.2. The SMILES string of the molecule is O=C(O)c1csc(SCCN2C(=O)CCC2CNCC2CCCO2)n1. The first-order chi connectivity index (χ1) is 12.1. The van der Waals surface area contributed by atoms with Crippen molar-refractivity contribution < 1.29 is 19.4 Å². The van der Waals surface area contributed by atoms with Crippen LogP contribution >= 0.6 is 23.1 Å². The Morgan fingerprint density at radius 2 is 2.36 bits per heavy atom. The van der Waals surface area contributed by atoms with Crippen molar-refractivity contribution in [3.8, 4) is 0 Å². The van der Waals surface area contributed by atoms with Gasteiger partial charge >= 0.3 is 5.97 Å². The minimum atomic E-state index is -1.00. The number of thioether (sulfide) groups is 1. The lowest BCUT2D eigenvalue weighted by atomic mass is 10.2. The van der Waals surface area contributed by atoms with Crippen molar-refractivity contribution in [2.24, 2.45) is 0 Å². The molecule has 3 rings (SSSR count). The first-order valence-corrected chi connectivity index (χ1v) is 10.4. The smallest absolute Gasteiger partial charge is 0.355 e. The molecule has 0 radical (unpaired) electrons. The predicted octanol–water partition coefficient (Wildman–Crippen LogP) is 1.69. The minimum Gasteiger partial charge on any atom is -0.476 e. The van der Waals surface area contributed by atoms with Crippen LogP contribution in [0.1, 0.15) is 36.2 Å². The Bertz CT molecular complexity index is 604. The Morgan fingerprint density at radius 1 is 1.48 bits per heavy atom. The normalized spacial score (nSPS) is 23.5. The van der Waals surface area contributed by atoms with Crippen molar-refractivity contribution in [3.63, 3.8) is 0 Å². The first-order valence-electron chi connectivity index (χ1n) is 8.57. The third-order valence-electron chi connectivity index (χ3n) is 4.49. The van der Waals surface area contributed by atoms with E-state index in [1.54, 1.807) is 5.38 Å². The molecule has 1 amide bonds. The van der Waals surface area contributed by atoms with Crippen LogP contribution in [0.3, 0.4) is 0 Å². The molecule has 2 atom stereocenters. The molecular weight excluding hydrogens is 362 g/mol. The van der Waals surface area contributed by atoms with Crippen molar-refractivity contribution in [1.29, 1.82) is 0 Å². The van der Waals surface area contributed by atoms with Crippen LogP contribution in [0.5, 0.6) is 0 Å². The molecule has 0 bridgehead atoms. The fraction of sp³-hybridized carbons (Fsp3) is 0.688. The molecule has 0 spiro atoms. The Kier molecular flexibility index (Phi) is 6.69. The lowest BCUT2D eigenvalue weighted by molar-refractivity contribution is -0.128. The molecule has 138 valence electrons. The van der Waals surface area contributed by atoms with Gasteiger partial charge < -0.3 is 20.1 Å². The van der Waals surface area contributed by atoms with Crippen molar-refractivity contribution in [2.45, 2.75) is 42.2 Å². The van der Waals surface area contributed by atoms with Crippen molar-refractivity contribution in [1.82, 2.24) is 15.2 Å². The van der Waals surface area contributed by atoms with Gasteiger partial charge in [0.2, 0.25) is 5.91 Å². The number of aromatic nitrogens is 1. The zero-order chi connectivity index (χ0) is 17.6. The molecule has 1 aromatic rings. The molecule has 2 unspecified atom stereocenters. The number of likely N-dealkylation sites (tertiary alicyclic amines) is 1. The molecule has 9 heteroatoms. The monoisotopic (exact) mass is 385 g/mol. The van der Waals surface area contributed by atoms with Crippen LogP contribution in [-0.4, -0.2) is 71.0 Å². The number of carboxylic acid groups (broad SMARTS) is 1. The van der Waals surface area contributed by atoms with Gasteiger partial charge in [0.1, 0.15) is 0 Å². The van der Waals surface area contributed by atoms with Crippen molar-refractivity contribution >= 4 is 35.0 Å². The summed E-state index contributed by atoms with van der Waals surface area (Å²) in [6.07, 6.45) is 4.07. The maximum Gasteiger partial charge on any atom is 0.355 e. The number of carbonyl (C=O) groups is 2. The van der Waals surface area contributed by atoms with Crippen LogP contribution in [0.25, 0.3) is 0 Å². The minimum absolute atomic E-state index is 0.0842. The molecule has 2 fully saturated rings. The molecule has 2 aliphatic rings. The summed E-state index contributed by atoms with van der Waals surface area (Å²) < 4.78 is 6.34. The molecule has 1 aromatic heterocycles. The number of carboxylic acids is 1. The number of ether oxygens (including phenoxy) is 1. The van der Waals surface area contributed by atoms with Crippen LogP contribution in [-0.2, 0) is 9.53 Å². The van der Waals surface area contributed by atoms with E-state index in [2.05, 4.69) is 10.3 Å². The number of rotatable bonds is 9. The summed E-state index contributed by atoms with van der Waals surface area (Å²) in [5, 5.41) is 13.9. The Morgan fingerprint density at radius 3 is 3.08 bits per heavy atom. The van der Waals surface area contributed by atoms with Crippen LogP contribution in [0.4, 0.5) is 0 Å². The van der Waals surface area contributed by atoms with Gasteiger partial charge in [-0.1, -0.05) is 11.8 Å². The van der Waals surface area contributed by atoms with Gasteiger partial charge in [0, 0.05) is 49.8 Å². The van der Waals surface area contributed by atoms with E-state index < -0.39 is 5.97 Å². The molecule has 2 aliphatic heterocycles. The second-order valence-corrected chi connectivity index (χ2v) is 8.43. The van der Waals surface area contributed by atoms with Gasteiger partial charge in [0.25, 0.3) is 0 Å². The molecule has 25 heavy (non-hydrogen) atoms. The largest absolute Gasteiger partial charge is 0.476 e. The van der Waals surface area contributed by atoms with Gasteiger partial charge in [-0.25, -0.2) is 9.78 Å². The molecule has 7 nitrogen and oxygen atoms in total. The van der Waals surface area contributed by atoms with Gasteiger partial charge in [0.15, 0.2) is 10.0 Å². The molecule has 0 aliphatic carbocycles. The summed E-state index contributed by atoms with van der Waals surface area (Å²) in [6.45, 7) is 3.18. The Balaban J connectivity index is 1.40.